The Morgan fingerprint density at radius 1 is 0.893 bits per heavy atom. The molecular formula is C23H27N3O2. The number of nitrogens with zero attached hydrogens (tertiary/aromatic N) is 3. The number of carbonyl (C=O) groups is 2. The van der Waals surface area contributed by atoms with Crippen LogP contribution in [0.3, 0.4) is 0 Å². The molecule has 0 N–H and O–H groups in total. The number of benzene rings is 1. The summed E-state index contributed by atoms with van der Waals surface area (Å²) in [7, 11) is 0. The molecule has 0 saturated carbocycles. The minimum atomic E-state index is 0.0517. The molecule has 0 aliphatic carbocycles. The first-order valence-electron chi connectivity index (χ1n) is 10.2. The summed E-state index contributed by atoms with van der Waals surface area (Å²) in [5.41, 5.74) is 3.60. The molecule has 2 aliphatic rings. The van der Waals surface area contributed by atoms with Crippen molar-refractivity contribution in [2.24, 2.45) is 5.92 Å². The van der Waals surface area contributed by atoms with Gasteiger partial charge in [-0.15, -0.1) is 0 Å². The number of aromatic nitrogens is 1. The van der Waals surface area contributed by atoms with Crippen LogP contribution in [0.2, 0.25) is 0 Å². The molecular weight excluding hydrogens is 350 g/mol. The predicted octanol–water partition coefficient (Wildman–Crippen LogP) is 3.53. The molecule has 0 atom stereocenters. The van der Waals surface area contributed by atoms with Crippen molar-refractivity contribution < 1.29 is 9.59 Å². The molecule has 1 aromatic carbocycles. The monoisotopic (exact) mass is 377 g/mol. The second-order valence-electron chi connectivity index (χ2n) is 7.84. The van der Waals surface area contributed by atoms with E-state index < -0.39 is 0 Å². The molecule has 2 aromatic rings. The highest BCUT2D eigenvalue weighted by atomic mass is 16.2. The molecule has 5 heteroatoms. The highest BCUT2D eigenvalue weighted by Crippen LogP contribution is 2.24. The number of hydrogen-bond donors (Lipinski definition) is 0. The maximum absolute atomic E-state index is 12.8. The zero-order valence-corrected chi connectivity index (χ0v) is 16.4. The van der Waals surface area contributed by atoms with E-state index >= 15 is 0 Å². The van der Waals surface area contributed by atoms with E-state index in [1.165, 1.54) is 0 Å². The highest BCUT2D eigenvalue weighted by molar-refractivity contribution is 5.95. The number of aryl methyl sites for hydroxylation is 1. The lowest BCUT2D eigenvalue weighted by Gasteiger charge is -2.33. The van der Waals surface area contributed by atoms with Crippen LogP contribution in [0.4, 0.5) is 0 Å². The van der Waals surface area contributed by atoms with Gasteiger partial charge in [-0.05, 0) is 56.9 Å². The summed E-state index contributed by atoms with van der Waals surface area (Å²) in [6.45, 7) is 5.09. The van der Waals surface area contributed by atoms with Crippen molar-refractivity contribution in [3.05, 3.63) is 53.7 Å². The Hall–Kier alpha value is -2.69. The summed E-state index contributed by atoms with van der Waals surface area (Å²) < 4.78 is 0. The van der Waals surface area contributed by atoms with Crippen molar-refractivity contribution in [1.82, 2.24) is 14.8 Å². The molecule has 2 amide bonds. The standard InChI is InChI=1S/C23H27N3O2/c1-17-5-4-6-21(24-17)18-7-9-19(10-8-18)22(27)26-15-11-20(12-16-26)23(28)25-13-2-3-14-25/h4-10,20H,2-3,11-16H2,1H3. The van der Waals surface area contributed by atoms with Crippen LogP contribution in [0.5, 0.6) is 0 Å². The molecule has 28 heavy (non-hydrogen) atoms. The maximum Gasteiger partial charge on any atom is 0.253 e. The second-order valence-corrected chi connectivity index (χ2v) is 7.84. The van der Waals surface area contributed by atoms with Crippen LogP contribution < -0.4 is 0 Å². The molecule has 2 fully saturated rings. The Bertz CT molecular complexity index is 848. The number of carbonyl (C=O) groups excluding carboxylic acids is 2. The van der Waals surface area contributed by atoms with Crippen LogP contribution in [0.1, 0.15) is 41.7 Å². The van der Waals surface area contributed by atoms with E-state index in [-0.39, 0.29) is 11.8 Å². The van der Waals surface area contributed by atoms with Gasteiger partial charge in [-0.1, -0.05) is 18.2 Å². The third kappa shape index (κ3) is 3.93. The lowest BCUT2D eigenvalue weighted by Crippen LogP contribution is -2.43. The van der Waals surface area contributed by atoms with E-state index in [2.05, 4.69) is 4.98 Å². The largest absolute Gasteiger partial charge is 0.342 e. The molecule has 2 aliphatic heterocycles. The van der Waals surface area contributed by atoms with Crippen molar-refractivity contribution in [3.8, 4) is 11.3 Å². The van der Waals surface area contributed by atoms with Gasteiger partial charge in [0.15, 0.2) is 0 Å². The zero-order chi connectivity index (χ0) is 19.5. The predicted molar refractivity (Wildman–Crippen MR) is 109 cm³/mol. The third-order valence-corrected chi connectivity index (χ3v) is 5.87. The van der Waals surface area contributed by atoms with Gasteiger partial charge in [0.2, 0.25) is 5.91 Å². The summed E-state index contributed by atoms with van der Waals surface area (Å²) in [4.78, 5) is 33.8. The number of pyridine rings is 1. The molecule has 0 bridgehead atoms. The molecule has 2 saturated heterocycles. The Morgan fingerprint density at radius 3 is 2.21 bits per heavy atom. The summed E-state index contributed by atoms with van der Waals surface area (Å²) in [6, 6.07) is 13.6. The Kier molecular flexibility index (Phi) is 5.42. The minimum absolute atomic E-state index is 0.0517. The summed E-state index contributed by atoms with van der Waals surface area (Å²) >= 11 is 0. The van der Waals surface area contributed by atoms with E-state index in [1.807, 2.05) is 59.2 Å². The van der Waals surface area contributed by atoms with Gasteiger partial charge in [-0.25, -0.2) is 0 Å². The van der Waals surface area contributed by atoms with Crippen molar-refractivity contribution in [2.45, 2.75) is 32.6 Å². The minimum Gasteiger partial charge on any atom is -0.342 e. The molecule has 4 rings (SSSR count). The molecule has 3 heterocycles. The average molecular weight is 377 g/mol. The zero-order valence-electron chi connectivity index (χ0n) is 16.4. The third-order valence-electron chi connectivity index (χ3n) is 5.87. The van der Waals surface area contributed by atoms with Gasteiger partial charge in [0.25, 0.3) is 5.91 Å². The van der Waals surface area contributed by atoms with Gasteiger partial charge in [0.05, 0.1) is 5.69 Å². The number of piperidine rings is 1. The maximum atomic E-state index is 12.8. The van der Waals surface area contributed by atoms with Crippen LogP contribution in [0.25, 0.3) is 11.3 Å². The molecule has 0 unspecified atom stereocenters. The molecule has 0 radical (unpaired) electrons. The first kappa shape index (κ1) is 18.7. The lowest BCUT2D eigenvalue weighted by molar-refractivity contribution is -0.135. The Balaban J connectivity index is 1.36. The van der Waals surface area contributed by atoms with Gasteiger partial charge >= 0.3 is 0 Å². The normalized spacial score (nSPS) is 17.8. The topological polar surface area (TPSA) is 53.5 Å². The van der Waals surface area contributed by atoms with E-state index in [1.54, 1.807) is 0 Å². The smallest absolute Gasteiger partial charge is 0.253 e. The van der Waals surface area contributed by atoms with E-state index in [0.717, 1.165) is 55.7 Å². The molecule has 1 aromatic heterocycles. The number of rotatable bonds is 3. The van der Waals surface area contributed by atoms with Crippen molar-refractivity contribution >= 4 is 11.8 Å². The van der Waals surface area contributed by atoms with Gasteiger partial charge in [0.1, 0.15) is 0 Å². The van der Waals surface area contributed by atoms with Crippen LogP contribution in [-0.2, 0) is 4.79 Å². The Labute approximate surface area is 166 Å². The van der Waals surface area contributed by atoms with Crippen LogP contribution in [-0.4, -0.2) is 52.8 Å². The van der Waals surface area contributed by atoms with Gasteiger partial charge in [0, 0.05) is 48.9 Å². The average Bonchev–Trinajstić information content (AvgIpc) is 3.28. The van der Waals surface area contributed by atoms with E-state index in [9.17, 15) is 9.59 Å². The summed E-state index contributed by atoms with van der Waals surface area (Å²) in [5.74, 6) is 0.423. The van der Waals surface area contributed by atoms with Gasteiger partial charge < -0.3 is 9.80 Å². The quantitative estimate of drug-likeness (QED) is 0.822. The first-order valence-corrected chi connectivity index (χ1v) is 10.2. The van der Waals surface area contributed by atoms with Gasteiger partial charge in [-0.2, -0.15) is 0 Å². The van der Waals surface area contributed by atoms with E-state index in [4.69, 9.17) is 0 Å². The molecule has 0 spiro atoms. The SMILES string of the molecule is Cc1cccc(-c2ccc(C(=O)N3CCC(C(=O)N4CCCC4)CC3)cc2)n1. The Morgan fingerprint density at radius 2 is 1.57 bits per heavy atom. The van der Waals surface area contributed by atoms with Crippen molar-refractivity contribution in [1.29, 1.82) is 0 Å². The number of hydrogen-bond acceptors (Lipinski definition) is 3. The number of amides is 2. The first-order chi connectivity index (χ1) is 13.6. The van der Waals surface area contributed by atoms with Crippen molar-refractivity contribution in [2.75, 3.05) is 26.2 Å². The molecule has 146 valence electrons. The van der Waals surface area contributed by atoms with Crippen LogP contribution in [0.15, 0.2) is 42.5 Å². The van der Waals surface area contributed by atoms with Crippen LogP contribution in [0, 0.1) is 12.8 Å². The van der Waals surface area contributed by atoms with Crippen LogP contribution >= 0.6 is 0 Å². The molecule has 5 nitrogen and oxygen atoms in total. The van der Waals surface area contributed by atoms with E-state index in [0.29, 0.717) is 24.6 Å². The fraction of sp³-hybridized carbons (Fsp3) is 0.435. The summed E-state index contributed by atoms with van der Waals surface area (Å²) in [5, 5.41) is 0. The number of likely N-dealkylation sites (tertiary alicyclic amines) is 2. The van der Waals surface area contributed by atoms with Crippen molar-refractivity contribution in [3.63, 3.8) is 0 Å². The fourth-order valence-electron chi connectivity index (χ4n) is 4.20. The highest BCUT2D eigenvalue weighted by Gasteiger charge is 2.31. The lowest BCUT2D eigenvalue weighted by atomic mass is 9.94. The summed E-state index contributed by atoms with van der Waals surface area (Å²) in [6.07, 6.45) is 3.78. The fourth-order valence-corrected chi connectivity index (χ4v) is 4.20. The van der Waals surface area contributed by atoms with Gasteiger partial charge in [-0.3, -0.25) is 14.6 Å². The second kappa shape index (κ2) is 8.13.